The van der Waals surface area contributed by atoms with Crippen LogP contribution in [0.5, 0.6) is 0 Å². The van der Waals surface area contributed by atoms with Crippen LogP contribution in [0.2, 0.25) is 0 Å². The second kappa shape index (κ2) is 7.35. The molecule has 2 rings (SSSR count). The van der Waals surface area contributed by atoms with Gasteiger partial charge in [-0.15, -0.1) is 0 Å². The normalized spacial score (nSPS) is 11.4. The minimum Gasteiger partial charge on any atom is -0.346 e. The van der Waals surface area contributed by atoms with Crippen LogP contribution in [0.25, 0.3) is 0 Å². The van der Waals surface area contributed by atoms with Crippen LogP contribution in [0.15, 0.2) is 47.9 Å². The summed E-state index contributed by atoms with van der Waals surface area (Å²) in [5.41, 5.74) is 1.07. The smallest absolute Gasteiger partial charge is 0.346 e. The van der Waals surface area contributed by atoms with Crippen LogP contribution in [-0.2, 0) is 11.3 Å². The van der Waals surface area contributed by atoms with E-state index in [9.17, 15) is 18.0 Å². The van der Waals surface area contributed by atoms with Gasteiger partial charge in [0.15, 0.2) is 5.16 Å². The van der Waals surface area contributed by atoms with Gasteiger partial charge in [-0.25, -0.2) is 4.98 Å². The summed E-state index contributed by atoms with van der Waals surface area (Å²) in [5.74, 6) is -0.779. The lowest BCUT2D eigenvalue weighted by Crippen LogP contribution is -2.34. The topological polar surface area (TPSA) is 46.9 Å². The highest BCUT2D eigenvalue weighted by Crippen LogP contribution is 2.17. The maximum absolute atomic E-state index is 12.0. The number of benzene rings is 1. The van der Waals surface area contributed by atoms with Gasteiger partial charge in [-0.3, -0.25) is 4.79 Å². The Morgan fingerprint density at radius 1 is 1.27 bits per heavy atom. The number of hydrogen-bond acceptors (Lipinski definition) is 3. The Balaban J connectivity index is 1.86. The van der Waals surface area contributed by atoms with Crippen molar-refractivity contribution in [3.63, 3.8) is 0 Å². The maximum Gasteiger partial charge on any atom is 0.405 e. The van der Waals surface area contributed by atoms with Crippen molar-refractivity contribution in [2.45, 2.75) is 17.9 Å². The highest BCUT2D eigenvalue weighted by Gasteiger charge is 2.27. The van der Waals surface area contributed by atoms with Gasteiger partial charge in [-0.05, 0) is 5.56 Å². The fourth-order valence-electron chi connectivity index (χ4n) is 1.72. The summed E-state index contributed by atoms with van der Waals surface area (Å²) >= 11 is 1.10. The van der Waals surface area contributed by atoms with E-state index in [-0.39, 0.29) is 5.75 Å². The third-order valence-corrected chi connectivity index (χ3v) is 3.70. The van der Waals surface area contributed by atoms with Gasteiger partial charge in [0, 0.05) is 18.9 Å². The number of nitrogens with one attached hydrogen (secondary N) is 1. The molecule has 0 fully saturated rings. The molecule has 0 saturated heterocycles. The van der Waals surface area contributed by atoms with E-state index in [1.54, 1.807) is 12.4 Å². The molecule has 0 saturated carbocycles. The van der Waals surface area contributed by atoms with E-state index in [2.05, 4.69) is 4.98 Å². The predicted molar refractivity (Wildman–Crippen MR) is 77.6 cm³/mol. The molecule has 2 aromatic rings. The van der Waals surface area contributed by atoms with Crippen molar-refractivity contribution < 1.29 is 18.0 Å². The fraction of sp³-hybridized carbons (Fsp3) is 0.286. The van der Waals surface area contributed by atoms with Crippen LogP contribution in [0.1, 0.15) is 5.56 Å². The van der Waals surface area contributed by atoms with Crippen molar-refractivity contribution in [1.29, 1.82) is 0 Å². The molecule has 1 heterocycles. The first-order valence-corrected chi connectivity index (χ1v) is 7.44. The zero-order chi connectivity index (χ0) is 16.0. The average molecular weight is 329 g/mol. The average Bonchev–Trinajstić information content (AvgIpc) is 2.90. The van der Waals surface area contributed by atoms with E-state index in [0.717, 1.165) is 17.3 Å². The number of aromatic nitrogens is 2. The van der Waals surface area contributed by atoms with Crippen LogP contribution < -0.4 is 5.32 Å². The molecule has 0 radical (unpaired) electrons. The van der Waals surface area contributed by atoms with Gasteiger partial charge < -0.3 is 9.88 Å². The predicted octanol–water partition coefficient (Wildman–Crippen LogP) is 2.70. The summed E-state index contributed by atoms with van der Waals surface area (Å²) in [4.78, 5) is 15.5. The van der Waals surface area contributed by atoms with Crippen molar-refractivity contribution >= 4 is 17.7 Å². The molecule has 0 aliphatic carbocycles. The first-order valence-electron chi connectivity index (χ1n) is 6.45. The molecule has 0 aliphatic rings. The summed E-state index contributed by atoms with van der Waals surface area (Å²) in [6, 6.07) is 9.68. The van der Waals surface area contributed by atoms with Gasteiger partial charge in [-0.2, -0.15) is 13.2 Å². The van der Waals surface area contributed by atoms with Crippen LogP contribution in [-0.4, -0.2) is 33.9 Å². The van der Waals surface area contributed by atoms with Crippen molar-refractivity contribution in [3.8, 4) is 0 Å². The minimum absolute atomic E-state index is 0.109. The number of halogens is 3. The Morgan fingerprint density at radius 2 is 2.00 bits per heavy atom. The number of rotatable bonds is 6. The van der Waals surface area contributed by atoms with E-state index in [1.807, 2.05) is 40.2 Å². The lowest BCUT2D eigenvalue weighted by atomic mass is 10.2. The maximum atomic E-state index is 12.0. The van der Waals surface area contributed by atoms with Crippen LogP contribution in [0, 0.1) is 0 Å². The summed E-state index contributed by atoms with van der Waals surface area (Å²) in [6.07, 6.45) is -1.03. The monoisotopic (exact) mass is 329 g/mol. The number of hydrogen-bond donors (Lipinski definition) is 1. The Kier molecular flexibility index (Phi) is 5.48. The lowest BCUT2D eigenvalue weighted by Gasteiger charge is -2.09. The van der Waals surface area contributed by atoms with Crippen molar-refractivity contribution in [2.24, 2.45) is 0 Å². The molecule has 118 valence electrons. The second-order valence-electron chi connectivity index (χ2n) is 4.50. The summed E-state index contributed by atoms with van der Waals surface area (Å²) < 4.78 is 37.8. The third kappa shape index (κ3) is 5.44. The molecule has 22 heavy (non-hydrogen) atoms. The zero-order valence-electron chi connectivity index (χ0n) is 11.5. The molecule has 1 N–H and O–H groups in total. The lowest BCUT2D eigenvalue weighted by molar-refractivity contribution is -0.136. The summed E-state index contributed by atoms with van der Waals surface area (Å²) in [6.45, 7) is -0.724. The number of alkyl halides is 3. The highest BCUT2D eigenvalue weighted by atomic mass is 32.2. The van der Waals surface area contributed by atoms with E-state index in [0.29, 0.717) is 11.7 Å². The van der Waals surface area contributed by atoms with Gasteiger partial charge in [-0.1, -0.05) is 42.1 Å². The SMILES string of the molecule is O=C(CSc1nccn1Cc1ccccc1)NCC(F)(F)F. The molecular weight excluding hydrogens is 315 g/mol. The first-order chi connectivity index (χ1) is 10.4. The highest BCUT2D eigenvalue weighted by molar-refractivity contribution is 7.99. The molecule has 1 amide bonds. The quantitative estimate of drug-likeness (QED) is 0.829. The Labute approximate surface area is 129 Å². The zero-order valence-corrected chi connectivity index (χ0v) is 12.3. The second-order valence-corrected chi connectivity index (χ2v) is 5.45. The molecule has 0 aliphatic heterocycles. The summed E-state index contributed by atoms with van der Waals surface area (Å²) in [7, 11) is 0. The van der Waals surface area contributed by atoms with Gasteiger partial charge in [0.2, 0.25) is 5.91 Å². The number of carbonyl (C=O) groups excluding carboxylic acids is 1. The van der Waals surface area contributed by atoms with Crippen LogP contribution >= 0.6 is 11.8 Å². The fourth-order valence-corrected chi connectivity index (χ4v) is 2.50. The molecule has 0 spiro atoms. The van der Waals surface area contributed by atoms with E-state index >= 15 is 0 Å². The van der Waals surface area contributed by atoms with Crippen molar-refractivity contribution in [1.82, 2.24) is 14.9 Å². The number of amides is 1. The van der Waals surface area contributed by atoms with Crippen molar-refractivity contribution in [2.75, 3.05) is 12.3 Å². The molecule has 1 aromatic carbocycles. The number of nitrogens with zero attached hydrogens (tertiary/aromatic N) is 2. The molecule has 0 bridgehead atoms. The molecule has 4 nitrogen and oxygen atoms in total. The summed E-state index contributed by atoms with van der Waals surface area (Å²) in [5, 5.41) is 2.42. The van der Waals surface area contributed by atoms with Gasteiger partial charge in [0.1, 0.15) is 6.54 Å². The number of carbonyl (C=O) groups is 1. The molecule has 8 heteroatoms. The number of thioether (sulfide) groups is 1. The van der Waals surface area contributed by atoms with Crippen LogP contribution in [0.3, 0.4) is 0 Å². The van der Waals surface area contributed by atoms with Gasteiger partial charge >= 0.3 is 6.18 Å². The Morgan fingerprint density at radius 3 is 2.68 bits per heavy atom. The van der Waals surface area contributed by atoms with Crippen LogP contribution in [0.4, 0.5) is 13.2 Å². The molecule has 0 atom stereocenters. The molecule has 1 aromatic heterocycles. The van der Waals surface area contributed by atoms with Crippen molar-refractivity contribution in [3.05, 3.63) is 48.3 Å². The largest absolute Gasteiger partial charge is 0.405 e. The molecular formula is C14H14F3N3OS. The van der Waals surface area contributed by atoms with Gasteiger partial charge in [0.05, 0.1) is 5.75 Å². The minimum atomic E-state index is -4.40. The number of imidazole rings is 1. The standard InChI is InChI=1S/C14H14F3N3OS/c15-14(16,17)10-19-12(21)9-22-13-18-6-7-20(13)8-11-4-2-1-3-5-11/h1-7H,8-10H2,(H,19,21). The van der Waals surface area contributed by atoms with E-state index in [4.69, 9.17) is 0 Å². The Bertz CT molecular complexity index is 613. The Hall–Kier alpha value is -1.96. The third-order valence-electron chi connectivity index (χ3n) is 2.69. The van der Waals surface area contributed by atoms with E-state index in [1.165, 1.54) is 0 Å². The first kappa shape index (κ1) is 16.4. The molecule has 0 unspecified atom stereocenters. The van der Waals surface area contributed by atoms with E-state index < -0.39 is 18.6 Å². The van der Waals surface area contributed by atoms with Gasteiger partial charge in [0.25, 0.3) is 0 Å².